The van der Waals surface area contributed by atoms with E-state index in [1.54, 1.807) is 0 Å². The van der Waals surface area contributed by atoms with Crippen LogP contribution in [0.15, 0.2) is 24.3 Å². The number of fused-ring (bicyclic) bond motifs is 1. The molecule has 2 aromatic heterocycles. The van der Waals surface area contributed by atoms with Crippen LogP contribution in [0.1, 0.15) is 44.5 Å². The molecule has 3 aromatic rings. The van der Waals surface area contributed by atoms with Gasteiger partial charge in [-0.05, 0) is 43.3 Å². The van der Waals surface area contributed by atoms with Gasteiger partial charge in [0.25, 0.3) is 0 Å². The molecule has 0 amide bonds. The minimum absolute atomic E-state index is 0.106. The predicted molar refractivity (Wildman–Crippen MR) is 84.2 cm³/mol. The zero-order valence-corrected chi connectivity index (χ0v) is 13.4. The van der Waals surface area contributed by atoms with E-state index in [0.717, 1.165) is 22.7 Å². The van der Waals surface area contributed by atoms with Crippen molar-refractivity contribution in [2.75, 3.05) is 0 Å². The van der Waals surface area contributed by atoms with Crippen molar-refractivity contribution in [2.24, 2.45) is 7.05 Å². The second-order valence-electron chi connectivity index (χ2n) is 5.75. The van der Waals surface area contributed by atoms with Crippen molar-refractivity contribution in [3.63, 3.8) is 0 Å². The van der Waals surface area contributed by atoms with Crippen molar-refractivity contribution in [1.82, 2.24) is 35.1 Å². The molecule has 1 atom stereocenters. The Bertz CT molecular complexity index is 771. The number of tetrazole rings is 1. The van der Waals surface area contributed by atoms with Crippen LogP contribution >= 0.6 is 0 Å². The third kappa shape index (κ3) is 2.59. The van der Waals surface area contributed by atoms with Gasteiger partial charge in [-0.1, -0.05) is 12.1 Å². The van der Waals surface area contributed by atoms with E-state index in [9.17, 15) is 0 Å². The standard InChI is InChI=1S/C15H21N7/c1-10(2)22-14(18-19-20-22)9-16-11(3)15-17-12-7-5-6-8-13(12)21(15)4/h5-8,10-11,16H,9H2,1-4H3/t11-/m0/s1. The van der Waals surface area contributed by atoms with Crippen LogP contribution < -0.4 is 5.32 Å². The molecule has 0 aliphatic rings. The van der Waals surface area contributed by atoms with Crippen molar-refractivity contribution in [1.29, 1.82) is 0 Å². The number of nitrogens with one attached hydrogen (secondary N) is 1. The number of para-hydroxylation sites is 2. The Morgan fingerprint density at radius 2 is 1.95 bits per heavy atom. The molecule has 1 N–H and O–H groups in total. The molecule has 0 unspecified atom stereocenters. The van der Waals surface area contributed by atoms with Crippen LogP contribution in [-0.2, 0) is 13.6 Å². The lowest BCUT2D eigenvalue weighted by molar-refractivity contribution is 0.460. The summed E-state index contributed by atoms with van der Waals surface area (Å²) < 4.78 is 3.95. The van der Waals surface area contributed by atoms with Gasteiger partial charge in [-0.25, -0.2) is 9.67 Å². The average molecular weight is 299 g/mol. The van der Waals surface area contributed by atoms with Crippen LogP contribution in [0.3, 0.4) is 0 Å². The highest BCUT2D eigenvalue weighted by Crippen LogP contribution is 2.19. The molecule has 0 aliphatic carbocycles. The van der Waals surface area contributed by atoms with Crippen LogP contribution in [-0.4, -0.2) is 29.8 Å². The second kappa shape index (κ2) is 5.84. The quantitative estimate of drug-likeness (QED) is 0.780. The van der Waals surface area contributed by atoms with Crippen molar-refractivity contribution < 1.29 is 0 Å². The van der Waals surface area contributed by atoms with Crippen molar-refractivity contribution >= 4 is 11.0 Å². The summed E-state index contributed by atoms with van der Waals surface area (Å²) in [5.74, 6) is 1.84. The maximum absolute atomic E-state index is 4.71. The van der Waals surface area contributed by atoms with Crippen molar-refractivity contribution in [2.45, 2.75) is 39.4 Å². The fourth-order valence-electron chi connectivity index (χ4n) is 2.62. The number of aryl methyl sites for hydroxylation is 1. The Morgan fingerprint density at radius 1 is 1.18 bits per heavy atom. The summed E-state index contributed by atoms with van der Waals surface area (Å²) >= 11 is 0. The average Bonchev–Trinajstić information content (AvgIpc) is 3.10. The summed E-state index contributed by atoms with van der Waals surface area (Å²) in [7, 11) is 2.04. The van der Waals surface area contributed by atoms with Crippen LogP contribution in [0, 0.1) is 0 Å². The van der Waals surface area contributed by atoms with Crippen LogP contribution in [0.25, 0.3) is 11.0 Å². The van der Waals surface area contributed by atoms with Crippen molar-refractivity contribution in [3.05, 3.63) is 35.9 Å². The van der Waals surface area contributed by atoms with Gasteiger partial charge in [-0.3, -0.25) is 0 Å². The predicted octanol–water partition coefficient (Wildman–Crippen LogP) is 1.99. The molecule has 7 nitrogen and oxygen atoms in total. The first-order chi connectivity index (χ1) is 10.6. The minimum atomic E-state index is 0.106. The molecular weight excluding hydrogens is 278 g/mol. The highest BCUT2D eigenvalue weighted by atomic mass is 15.5. The Kier molecular flexibility index (Phi) is 3.89. The van der Waals surface area contributed by atoms with Gasteiger partial charge in [-0.15, -0.1) is 5.10 Å². The Labute approximate surface area is 129 Å². The van der Waals surface area contributed by atoms with Crippen molar-refractivity contribution in [3.8, 4) is 0 Å². The number of nitrogens with zero attached hydrogens (tertiary/aromatic N) is 6. The lowest BCUT2D eigenvalue weighted by atomic mass is 10.3. The number of rotatable bonds is 5. The Balaban J connectivity index is 1.77. The van der Waals surface area contributed by atoms with E-state index in [2.05, 4.69) is 52.2 Å². The molecule has 0 bridgehead atoms. The SMILES string of the molecule is CC(C)n1nnnc1CN[C@@H](C)c1nc2ccccc2n1C. The van der Waals surface area contributed by atoms with Gasteiger partial charge in [-0.2, -0.15) is 0 Å². The number of hydrogen-bond acceptors (Lipinski definition) is 5. The molecule has 2 heterocycles. The number of aromatic nitrogens is 6. The molecule has 0 radical (unpaired) electrons. The van der Waals surface area contributed by atoms with E-state index in [0.29, 0.717) is 6.54 Å². The largest absolute Gasteiger partial charge is 0.330 e. The number of imidazole rings is 1. The number of hydrogen-bond donors (Lipinski definition) is 1. The molecule has 0 saturated heterocycles. The molecular formula is C15H21N7. The molecule has 116 valence electrons. The third-order valence-corrected chi connectivity index (χ3v) is 3.83. The van der Waals surface area contributed by atoms with E-state index >= 15 is 0 Å². The molecule has 3 rings (SSSR count). The normalized spacial score (nSPS) is 13.1. The Hall–Kier alpha value is -2.28. The van der Waals surface area contributed by atoms with E-state index in [4.69, 9.17) is 4.98 Å². The smallest absolute Gasteiger partial charge is 0.165 e. The zero-order chi connectivity index (χ0) is 15.7. The molecule has 0 aliphatic heterocycles. The molecule has 22 heavy (non-hydrogen) atoms. The maximum atomic E-state index is 4.71. The topological polar surface area (TPSA) is 73.5 Å². The van der Waals surface area contributed by atoms with Gasteiger partial charge in [0.2, 0.25) is 0 Å². The van der Waals surface area contributed by atoms with E-state index < -0.39 is 0 Å². The monoisotopic (exact) mass is 299 g/mol. The van der Waals surface area contributed by atoms with Gasteiger partial charge in [0.1, 0.15) is 5.82 Å². The lowest BCUT2D eigenvalue weighted by Crippen LogP contribution is -2.23. The van der Waals surface area contributed by atoms with Gasteiger partial charge < -0.3 is 9.88 Å². The van der Waals surface area contributed by atoms with Gasteiger partial charge in [0.15, 0.2) is 5.82 Å². The minimum Gasteiger partial charge on any atom is -0.330 e. The molecule has 1 aromatic carbocycles. The molecule has 0 spiro atoms. The van der Waals surface area contributed by atoms with Gasteiger partial charge in [0, 0.05) is 7.05 Å². The first kappa shape index (κ1) is 14.6. The fraction of sp³-hybridized carbons (Fsp3) is 0.467. The first-order valence-corrected chi connectivity index (χ1v) is 7.49. The van der Waals surface area contributed by atoms with E-state index in [1.807, 2.05) is 29.9 Å². The highest BCUT2D eigenvalue weighted by Gasteiger charge is 2.16. The first-order valence-electron chi connectivity index (χ1n) is 7.49. The van der Waals surface area contributed by atoms with Crippen LogP contribution in [0.4, 0.5) is 0 Å². The van der Waals surface area contributed by atoms with Gasteiger partial charge >= 0.3 is 0 Å². The third-order valence-electron chi connectivity index (χ3n) is 3.83. The maximum Gasteiger partial charge on any atom is 0.165 e. The summed E-state index contributed by atoms with van der Waals surface area (Å²) in [4.78, 5) is 4.71. The van der Waals surface area contributed by atoms with E-state index in [-0.39, 0.29) is 12.1 Å². The highest BCUT2D eigenvalue weighted by molar-refractivity contribution is 5.75. The van der Waals surface area contributed by atoms with Crippen LogP contribution in [0.2, 0.25) is 0 Å². The summed E-state index contributed by atoms with van der Waals surface area (Å²) in [6.07, 6.45) is 0. The molecule has 0 fully saturated rings. The fourth-order valence-corrected chi connectivity index (χ4v) is 2.62. The zero-order valence-electron chi connectivity index (χ0n) is 13.4. The number of benzene rings is 1. The summed E-state index contributed by atoms with van der Waals surface area (Å²) in [6, 6.07) is 8.51. The molecule has 7 heteroatoms. The summed E-state index contributed by atoms with van der Waals surface area (Å²) in [6.45, 7) is 6.84. The summed E-state index contributed by atoms with van der Waals surface area (Å²) in [5.41, 5.74) is 2.15. The lowest BCUT2D eigenvalue weighted by Gasteiger charge is -2.14. The molecule has 0 saturated carbocycles. The second-order valence-corrected chi connectivity index (χ2v) is 5.75. The van der Waals surface area contributed by atoms with Crippen LogP contribution in [0.5, 0.6) is 0 Å². The van der Waals surface area contributed by atoms with E-state index in [1.165, 1.54) is 0 Å². The summed E-state index contributed by atoms with van der Waals surface area (Å²) in [5, 5.41) is 15.3. The van der Waals surface area contributed by atoms with Gasteiger partial charge in [0.05, 0.1) is 29.7 Å². The Morgan fingerprint density at radius 3 is 2.68 bits per heavy atom.